The number of rotatable bonds is 3. The first kappa shape index (κ1) is 15.3. The van der Waals surface area contributed by atoms with Crippen molar-refractivity contribution < 1.29 is 4.79 Å². The first-order valence-corrected chi connectivity index (χ1v) is 9.22. The summed E-state index contributed by atoms with van der Waals surface area (Å²) in [6.45, 7) is 0. The molecular formula is C18H32N2O. The Bertz CT molecular complexity index is 355. The second-order valence-corrected chi connectivity index (χ2v) is 7.99. The molecule has 0 aromatic heterocycles. The number of hydrogen-bond acceptors (Lipinski definition) is 2. The molecule has 1 amide bonds. The topological polar surface area (TPSA) is 55.1 Å². The van der Waals surface area contributed by atoms with Crippen molar-refractivity contribution in [1.82, 2.24) is 5.32 Å². The van der Waals surface area contributed by atoms with E-state index in [1.807, 2.05) is 0 Å². The van der Waals surface area contributed by atoms with Gasteiger partial charge in [-0.15, -0.1) is 0 Å². The molecule has 1 spiro atoms. The van der Waals surface area contributed by atoms with Gasteiger partial charge in [0.15, 0.2) is 0 Å². The molecule has 0 aliphatic heterocycles. The number of nitrogens with two attached hydrogens (primary N) is 1. The molecule has 3 aliphatic rings. The molecule has 120 valence electrons. The normalized spacial score (nSPS) is 29.3. The lowest BCUT2D eigenvalue weighted by atomic mass is 9.66. The van der Waals surface area contributed by atoms with Crippen LogP contribution in [0.1, 0.15) is 89.9 Å². The molecule has 0 radical (unpaired) electrons. The van der Waals surface area contributed by atoms with Gasteiger partial charge >= 0.3 is 0 Å². The Morgan fingerprint density at radius 3 is 1.90 bits per heavy atom. The van der Waals surface area contributed by atoms with Crippen LogP contribution in [0.15, 0.2) is 0 Å². The van der Waals surface area contributed by atoms with Crippen molar-refractivity contribution in [2.24, 2.45) is 11.1 Å². The molecule has 0 heterocycles. The molecular weight excluding hydrogens is 260 g/mol. The van der Waals surface area contributed by atoms with Crippen LogP contribution in [-0.4, -0.2) is 17.5 Å². The highest BCUT2D eigenvalue weighted by atomic mass is 16.1. The van der Waals surface area contributed by atoms with Crippen LogP contribution in [0.2, 0.25) is 0 Å². The largest absolute Gasteiger partial charge is 0.368 e. The van der Waals surface area contributed by atoms with E-state index < -0.39 is 5.54 Å². The van der Waals surface area contributed by atoms with Gasteiger partial charge < -0.3 is 11.1 Å². The van der Waals surface area contributed by atoms with Gasteiger partial charge in [0, 0.05) is 6.04 Å². The van der Waals surface area contributed by atoms with Gasteiger partial charge in [0.1, 0.15) is 0 Å². The lowest BCUT2D eigenvalue weighted by Gasteiger charge is -2.45. The summed E-state index contributed by atoms with van der Waals surface area (Å²) in [5.74, 6) is -0.0976. The van der Waals surface area contributed by atoms with Crippen LogP contribution in [0, 0.1) is 5.41 Å². The highest BCUT2D eigenvalue weighted by Crippen LogP contribution is 2.51. The summed E-state index contributed by atoms with van der Waals surface area (Å²) in [6.07, 6.45) is 17.6. The quantitative estimate of drug-likeness (QED) is 0.780. The Hall–Kier alpha value is -0.570. The predicted molar refractivity (Wildman–Crippen MR) is 85.9 cm³/mol. The van der Waals surface area contributed by atoms with Crippen LogP contribution in [0.4, 0.5) is 0 Å². The minimum absolute atomic E-state index is 0.0976. The fraction of sp³-hybridized carbons (Fsp3) is 0.944. The van der Waals surface area contributed by atoms with E-state index in [0.29, 0.717) is 11.5 Å². The molecule has 3 rings (SSSR count). The molecule has 3 saturated carbocycles. The van der Waals surface area contributed by atoms with E-state index >= 15 is 0 Å². The van der Waals surface area contributed by atoms with E-state index in [9.17, 15) is 4.79 Å². The summed E-state index contributed by atoms with van der Waals surface area (Å²) < 4.78 is 0. The van der Waals surface area contributed by atoms with Gasteiger partial charge in [-0.3, -0.25) is 4.79 Å². The summed E-state index contributed by atoms with van der Waals surface area (Å²) in [4.78, 5) is 12.2. The van der Waals surface area contributed by atoms with Gasteiger partial charge in [0.25, 0.3) is 0 Å². The van der Waals surface area contributed by atoms with Crippen LogP contribution >= 0.6 is 0 Å². The molecule has 0 bridgehead atoms. The number of carbonyl (C=O) groups excluding carboxylic acids is 1. The lowest BCUT2D eigenvalue weighted by Crippen LogP contribution is -2.61. The van der Waals surface area contributed by atoms with Crippen molar-refractivity contribution in [3.8, 4) is 0 Å². The molecule has 0 aromatic rings. The van der Waals surface area contributed by atoms with Crippen molar-refractivity contribution in [3.05, 3.63) is 0 Å². The highest BCUT2D eigenvalue weighted by Gasteiger charge is 2.47. The van der Waals surface area contributed by atoms with Crippen molar-refractivity contribution >= 4 is 5.91 Å². The van der Waals surface area contributed by atoms with Gasteiger partial charge in [-0.2, -0.15) is 0 Å². The smallest absolute Gasteiger partial charge is 0.237 e. The van der Waals surface area contributed by atoms with Crippen LogP contribution < -0.4 is 11.1 Å². The van der Waals surface area contributed by atoms with Crippen LogP contribution in [0.3, 0.4) is 0 Å². The average molecular weight is 292 g/mol. The fourth-order valence-electron chi connectivity index (χ4n) is 5.11. The second kappa shape index (κ2) is 6.28. The first-order chi connectivity index (χ1) is 10.1. The number of amides is 1. The summed E-state index contributed by atoms with van der Waals surface area (Å²) >= 11 is 0. The molecule has 3 aliphatic carbocycles. The van der Waals surface area contributed by atoms with Crippen molar-refractivity contribution in [2.75, 3.05) is 0 Å². The first-order valence-electron chi connectivity index (χ1n) is 9.22. The van der Waals surface area contributed by atoms with E-state index in [4.69, 9.17) is 5.73 Å². The molecule has 3 heteroatoms. The minimum atomic E-state index is -0.400. The maximum absolute atomic E-state index is 12.2. The van der Waals surface area contributed by atoms with E-state index in [0.717, 1.165) is 12.8 Å². The zero-order valence-electron chi connectivity index (χ0n) is 13.5. The van der Waals surface area contributed by atoms with Gasteiger partial charge in [0.05, 0.1) is 5.54 Å². The van der Waals surface area contributed by atoms with Gasteiger partial charge in [-0.05, 0) is 56.8 Å². The van der Waals surface area contributed by atoms with Gasteiger partial charge in [0.2, 0.25) is 5.91 Å². The molecule has 3 nitrogen and oxygen atoms in total. The maximum Gasteiger partial charge on any atom is 0.237 e. The van der Waals surface area contributed by atoms with E-state index in [-0.39, 0.29) is 5.91 Å². The molecule has 21 heavy (non-hydrogen) atoms. The summed E-state index contributed by atoms with van der Waals surface area (Å²) in [7, 11) is 0. The molecule has 0 saturated heterocycles. The number of primary amides is 1. The summed E-state index contributed by atoms with van der Waals surface area (Å²) in [5.41, 5.74) is 6.00. The lowest BCUT2D eigenvalue weighted by molar-refractivity contribution is -0.127. The fourth-order valence-corrected chi connectivity index (χ4v) is 5.11. The number of hydrogen-bond donors (Lipinski definition) is 2. The third-order valence-corrected chi connectivity index (χ3v) is 6.64. The van der Waals surface area contributed by atoms with Crippen molar-refractivity contribution in [2.45, 2.75) is 101 Å². The highest BCUT2D eigenvalue weighted by molar-refractivity contribution is 5.84. The Balaban J connectivity index is 1.65. The Kier molecular flexibility index (Phi) is 4.58. The number of nitrogens with one attached hydrogen (secondary N) is 1. The van der Waals surface area contributed by atoms with Crippen molar-refractivity contribution in [3.63, 3.8) is 0 Å². The number of carbonyl (C=O) groups is 1. The van der Waals surface area contributed by atoms with E-state index in [1.165, 1.54) is 77.0 Å². The maximum atomic E-state index is 12.2. The zero-order valence-corrected chi connectivity index (χ0v) is 13.5. The minimum Gasteiger partial charge on any atom is -0.368 e. The second-order valence-electron chi connectivity index (χ2n) is 7.99. The molecule has 3 fully saturated rings. The Morgan fingerprint density at radius 2 is 1.38 bits per heavy atom. The monoisotopic (exact) mass is 292 g/mol. The third kappa shape index (κ3) is 3.28. The Morgan fingerprint density at radius 1 is 0.810 bits per heavy atom. The van der Waals surface area contributed by atoms with E-state index in [2.05, 4.69) is 5.32 Å². The average Bonchev–Trinajstić information content (AvgIpc) is 2.78. The summed E-state index contributed by atoms with van der Waals surface area (Å²) in [5, 5.41) is 3.74. The zero-order chi connectivity index (χ0) is 14.8. The van der Waals surface area contributed by atoms with Crippen LogP contribution in [0.5, 0.6) is 0 Å². The SMILES string of the molecule is NC(=O)C1(NC2CCCCCC2)CCC2(CCCC2)CC1. The summed E-state index contributed by atoms with van der Waals surface area (Å²) in [6, 6.07) is 0.512. The van der Waals surface area contributed by atoms with Crippen LogP contribution in [0.25, 0.3) is 0 Å². The van der Waals surface area contributed by atoms with E-state index in [1.54, 1.807) is 0 Å². The predicted octanol–water partition coefficient (Wildman–Crippen LogP) is 3.66. The molecule has 0 aromatic carbocycles. The molecule has 3 N–H and O–H groups in total. The molecule has 0 atom stereocenters. The molecule has 0 unspecified atom stereocenters. The van der Waals surface area contributed by atoms with Crippen molar-refractivity contribution in [1.29, 1.82) is 0 Å². The third-order valence-electron chi connectivity index (χ3n) is 6.64. The Labute approximate surface area is 129 Å². The standard InChI is InChI=1S/C18H32N2O/c19-16(21)18(20-15-7-3-1-2-4-8-15)13-11-17(12-14-18)9-5-6-10-17/h15,20H,1-14H2,(H2,19,21). The van der Waals surface area contributed by atoms with Gasteiger partial charge in [-0.25, -0.2) is 0 Å². The van der Waals surface area contributed by atoms with Crippen LogP contribution in [-0.2, 0) is 4.79 Å². The van der Waals surface area contributed by atoms with Gasteiger partial charge in [-0.1, -0.05) is 38.5 Å².